The maximum absolute atomic E-state index is 11.4. The molecule has 12 nitrogen and oxygen atoms in total. The van der Waals surface area contributed by atoms with E-state index in [0.29, 0.717) is 37.2 Å². The summed E-state index contributed by atoms with van der Waals surface area (Å²) < 4.78 is 0. The molecule has 3 aliphatic rings. The summed E-state index contributed by atoms with van der Waals surface area (Å²) in [6, 6.07) is 11.5. The van der Waals surface area contributed by atoms with Crippen LogP contribution in [0.1, 0.15) is 79.9 Å². The molecule has 6 rings (SSSR count). The number of aromatic nitrogens is 4. The fraction of sp³-hybridized carbons (Fsp3) is 0.343. The number of carboxylic acid groups (broad SMARTS) is 3. The van der Waals surface area contributed by atoms with Gasteiger partial charge in [0.15, 0.2) is 0 Å². The van der Waals surface area contributed by atoms with Gasteiger partial charge in [-0.15, -0.1) is 0 Å². The van der Waals surface area contributed by atoms with Gasteiger partial charge in [-0.05, 0) is 110 Å². The molecule has 0 spiro atoms. The molecule has 47 heavy (non-hydrogen) atoms. The van der Waals surface area contributed by atoms with Gasteiger partial charge in [-0.3, -0.25) is 14.4 Å². The van der Waals surface area contributed by atoms with Crippen molar-refractivity contribution in [3.05, 3.63) is 70.3 Å². The monoisotopic (exact) mass is 641 g/mol. The zero-order valence-corrected chi connectivity index (χ0v) is 26.8. The molecule has 0 aliphatic carbocycles. The summed E-state index contributed by atoms with van der Waals surface area (Å²) in [6.45, 7) is 8.41. The number of aromatic amines is 2. The molecule has 7 N–H and O–H groups in total. The highest BCUT2D eigenvalue weighted by Crippen LogP contribution is 2.37. The maximum Gasteiger partial charge on any atom is 0.320 e. The van der Waals surface area contributed by atoms with Crippen molar-refractivity contribution in [1.82, 2.24) is 25.3 Å². The molecule has 3 aromatic heterocycles. The van der Waals surface area contributed by atoms with E-state index >= 15 is 0 Å². The Kier molecular flexibility index (Phi) is 9.73. The molecular weight excluding hydrogens is 602 g/mol. The number of aryl methyl sites for hydroxylation is 2. The molecular formula is C35H39N5O7. The number of fused-ring (bicyclic) bond motifs is 8. The molecule has 0 saturated carbocycles. The standard InChI is InChI=1S/C30H30N4O4.C5H9NO3/c1-15-9-20-12-25-17(3)21(5-7-29(35)36)27(33-25)14-28-22(6-8-30(37)38)18(4)26(34-28)13-24-16(2)10-19(32-24)11-23(15)31-20;7-3-1-4(5(8)9)6-2-3/h9-14,31-32H,5-8H2,1-4H3,(H,35,36)(H,37,38);3-4,6-7H,1-2H2,(H,8,9)/t;3?,4-/m.0/s1. The molecule has 6 heterocycles. The Morgan fingerprint density at radius 3 is 1.64 bits per heavy atom. The summed E-state index contributed by atoms with van der Waals surface area (Å²) in [5.74, 6) is -2.63. The molecule has 246 valence electrons. The van der Waals surface area contributed by atoms with Gasteiger partial charge < -0.3 is 35.7 Å². The van der Waals surface area contributed by atoms with Crippen molar-refractivity contribution in [2.45, 2.75) is 71.9 Å². The highest BCUT2D eigenvalue weighted by molar-refractivity contribution is 5.96. The fourth-order valence-corrected chi connectivity index (χ4v) is 6.00. The summed E-state index contributed by atoms with van der Waals surface area (Å²) in [5, 5.41) is 38.6. The molecule has 8 bridgehead atoms. The fourth-order valence-electron chi connectivity index (χ4n) is 6.00. The molecule has 1 unspecified atom stereocenters. The molecule has 3 aromatic rings. The van der Waals surface area contributed by atoms with Crippen molar-refractivity contribution in [2.75, 3.05) is 6.54 Å². The second-order valence-electron chi connectivity index (χ2n) is 12.2. The Morgan fingerprint density at radius 1 is 0.702 bits per heavy atom. The smallest absolute Gasteiger partial charge is 0.320 e. The number of carboxylic acids is 3. The predicted molar refractivity (Wildman–Crippen MR) is 179 cm³/mol. The molecule has 0 radical (unpaired) electrons. The maximum atomic E-state index is 11.4. The summed E-state index contributed by atoms with van der Waals surface area (Å²) in [4.78, 5) is 49.8. The molecule has 1 fully saturated rings. The zero-order valence-electron chi connectivity index (χ0n) is 26.8. The molecule has 3 aliphatic heterocycles. The number of hydrogen-bond acceptors (Lipinski definition) is 7. The summed E-state index contributed by atoms with van der Waals surface area (Å²) in [6.07, 6.45) is 0.495. The highest BCUT2D eigenvalue weighted by atomic mass is 16.4. The van der Waals surface area contributed by atoms with Gasteiger partial charge in [0.05, 0.1) is 28.9 Å². The van der Waals surface area contributed by atoms with Crippen LogP contribution < -0.4 is 5.32 Å². The van der Waals surface area contributed by atoms with Gasteiger partial charge in [0.25, 0.3) is 0 Å². The minimum atomic E-state index is -0.883. The number of aliphatic hydroxyl groups is 1. The van der Waals surface area contributed by atoms with E-state index < -0.39 is 30.1 Å². The predicted octanol–water partition coefficient (Wildman–Crippen LogP) is 5.32. The second-order valence-corrected chi connectivity index (χ2v) is 12.2. The lowest BCUT2D eigenvalue weighted by Crippen LogP contribution is -2.29. The second kappa shape index (κ2) is 13.7. The third-order valence-electron chi connectivity index (χ3n) is 8.66. The number of nitrogens with one attached hydrogen (secondary N) is 3. The lowest BCUT2D eigenvalue weighted by atomic mass is 9.98. The van der Waals surface area contributed by atoms with Crippen LogP contribution in [0.5, 0.6) is 0 Å². The van der Waals surface area contributed by atoms with Crippen molar-refractivity contribution in [2.24, 2.45) is 0 Å². The highest BCUT2D eigenvalue weighted by Gasteiger charge is 2.27. The topological polar surface area (TPSA) is 202 Å². The van der Waals surface area contributed by atoms with E-state index in [2.05, 4.69) is 40.4 Å². The van der Waals surface area contributed by atoms with Gasteiger partial charge in [0, 0.05) is 47.9 Å². The Balaban J connectivity index is 0.000000417. The number of H-pyrrole nitrogens is 2. The van der Waals surface area contributed by atoms with E-state index in [-0.39, 0.29) is 12.8 Å². The lowest BCUT2D eigenvalue weighted by Gasteiger charge is -2.05. The Morgan fingerprint density at radius 2 is 1.19 bits per heavy atom. The van der Waals surface area contributed by atoms with Crippen LogP contribution in [0, 0.1) is 13.8 Å². The van der Waals surface area contributed by atoms with E-state index in [1.165, 1.54) is 0 Å². The SMILES string of the molecule is CC1=C(CCC(=O)O)c2cc3nc(cc4[nH]c(cc4C)cc4[nH]c(cc1n2)cc4C)C(C)=C3CCC(=O)O.O=C(O)[C@@H]1CC(O)CN1. The zero-order chi connectivity index (χ0) is 34.0. The van der Waals surface area contributed by atoms with Crippen LogP contribution >= 0.6 is 0 Å². The first-order valence-corrected chi connectivity index (χ1v) is 15.5. The first-order valence-electron chi connectivity index (χ1n) is 15.5. The number of carbonyl (C=O) groups is 3. The first kappa shape index (κ1) is 33.3. The van der Waals surface area contributed by atoms with Crippen LogP contribution in [0.15, 0.2) is 36.4 Å². The van der Waals surface area contributed by atoms with Crippen LogP contribution in [-0.2, 0) is 14.4 Å². The lowest BCUT2D eigenvalue weighted by molar-refractivity contribution is -0.139. The minimum Gasteiger partial charge on any atom is -0.481 e. The van der Waals surface area contributed by atoms with Crippen molar-refractivity contribution < 1.29 is 34.8 Å². The normalized spacial score (nSPS) is 17.5. The summed E-state index contributed by atoms with van der Waals surface area (Å²) >= 11 is 0. The van der Waals surface area contributed by atoms with Gasteiger partial charge in [0.1, 0.15) is 6.04 Å². The van der Waals surface area contributed by atoms with Crippen molar-refractivity contribution in [1.29, 1.82) is 0 Å². The van der Waals surface area contributed by atoms with E-state index in [1.807, 2.05) is 39.0 Å². The van der Waals surface area contributed by atoms with Crippen LogP contribution in [0.3, 0.4) is 0 Å². The van der Waals surface area contributed by atoms with Crippen LogP contribution in [0.4, 0.5) is 0 Å². The van der Waals surface area contributed by atoms with Crippen LogP contribution in [0.2, 0.25) is 0 Å². The number of nitrogens with zero attached hydrogens (tertiary/aromatic N) is 2. The Hall–Kier alpha value is -5.07. The minimum absolute atomic E-state index is 0.0138. The molecule has 0 amide bonds. The van der Waals surface area contributed by atoms with Gasteiger partial charge in [-0.25, -0.2) is 9.97 Å². The number of allylic oxidation sites excluding steroid dienone is 4. The van der Waals surface area contributed by atoms with E-state index in [1.54, 1.807) is 0 Å². The molecule has 12 heteroatoms. The third-order valence-corrected chi connectivity index (χ3v) is 8.66. The van der Waals surface area contributed by atoms with Gasteiger partial charge in [-0.1, -0.05) is 0 Å². The van der Waals surface area contributed by atoms with Crippen LogP contribution in [-0.4, -0.2) is 77.0 Å². The number of β-amino-alcohol motifs (C(OH)–C–C–N with tert-alkyl or cyclic N) is 1. The number of aliphatic hydroxyl groups excluding tert-OH is 1. The van der Waals surface area contributed by atoms with E-state index in [4.69, 9.17) is 20.2 Å². The summed E-state index contributed by atoms with van der Waals surface area (Å²) in [5.41, 5.74) is 12.4. The quantitative estimate of drug-likeness (QED) is 0.177. The Labute approximate surface area is 270 Å². The number of hydrogen-bond donors (Lipinski definition) is 7. The molecule has 0 aromatic carbocycles. The molecule has 1 saturated heterocycles. The Bertz CT molecular complexity index is 1980. The van der Waals surface area contributed by atoms with E-state index in [0.717, 1.165) is 66.9 Å². The third kappa shape index (κ3) is 7.67. The number of aliphatic carboxylic acids is 3. The summed E-state index contributed by atoms with van der Waals surface area (Å²) in [7, 11) is 0. The van der Waals surface area contributed by atoms with E-state index in [9.17, 15) is 24.6 Å². The first-order chi connectivity index (χ1) is 22.3. The average molecular weight is 642 g/mol. The molecule has 2 atom stereocenters. The average Bonchev–Trinajstić information content (AvgIpc) is 3.78. The van der Waals surface area contributed by atoms with Gasteiger partial charge >= 0.3 is 17.9 Å². The van der Waals surface area contributed by atoms with Gasteiger partial charge in [-0.2, -0.15) is 0 Å². The number of rotatable bonds is 7. The van der Waals surface area contributed by atoms with Crippen molar-refractivity contribution >= 4 is 62.3 Å². The largest absolute Gasteiger partial charge is 0.481 e. The van der Waals surface area contributed by atoms with Gasteiger partial charge in [0.2, 0.25) is 0 Å². The van der Waals surface area contributed by atoms with Crippen LogP contribution in [0.25, 0.3) is 44.4 Å². The van der Waals surface area contributed by atoms with Crippen molar-refractivity contribution in [3.8, 4) is 0 Å². The van der Waals surface area contributed by atoms with Crippen molar-refractivity contribution in [3.63, 3.8) is 0 Å².